The van der Waals surface area contributed by atoms with E-state index in [4.69, 9.17) is 37.1 Å². The number of ether oxygens (including phenoxy) is 2. The first-order chi connectivity index (χ1) is 15.6. The van der Waals surface area contributed by atoms with Crippen LogP contribution in [0.5, 0.6) is 11.5 Å². The van der Waals surface area contributed by atoms with Crippen LogP contribution in [0.15, 0.2) is 65.1 Å². The van der Waals surface area contributed by atoms with Gasteiger partial charge in [0.15, 0.2) is 11.5 Å². The number of hydrogen-bond acceptors (Lipinski definition) is 4. The maximum Gasteiger partial charge on any atom is 0.198 e. The molecule has 0 N–H and O–H groups in total. The molecule has 32 heavy (non-hydrogen) atoms. The van der Waals surface area contributed by atoms with Crippen LogP contribution in [0.25, 0.3) is 11.0 Å². The summed E-state index contributed by atoms with van der Waals surface area (Å²) in [7, 11) is 0. The predicted molar refractivity (Wildman–Crippen MR) is 125 cm³/mol. The fourth-order valence-electron chi connectivity index (χ4n) is 3.98. The van der Waals surface area contributed by atoms with Gasteiger partial charge in [-0.1, -0.05) is 59.6 Å². The number of carbonyl (C=O) groups excluding carboxylic acids is 1. The van der Waals surface area contributed by atoms with Crippen molar-refractivity contribution < 1.29 is 18.7 Å². The summed E-state index contributed by atoms with van der Waals surface area (Å²) in [6.45, 7) is 0.588. The van der Waals surface area contributed by atoms with Gasteiger partial charge in [-0.15, -0.1) is 0 Å². The number of halogens is 2. The molecule has 0 atom stereocenters. The van der Waals surface area contributed by atoms with Crippen molar-refractivity contribution in [2.75, 3.05) is 0 Å². The van der Waals surface area contributed by atoms with Gasteiger partial charge in [-0.25, -0.2) is 0 Å². The molecule has 0 spiro atoms. The zero-order valence-corrected chi connectivity index (χ0v) is 18.7. The van der Waals surface area contributed by atoms with Crippen LogP contribution in [-0.2, 0) is 19.6 Å². The van der Waals surface area contributed by atoms with Crippen LogP contribution in [-0.4, -0.2) is 5.78 Å². The third kappa shape index (κ3) is 4.08. The molecule has 0 saturated carbocycles. The number of rotatable bonds is 6. The second kappa shape index (κ2) is 8.89. The molecule has 0 unspecified atom stereocenters. The SMILES string of the molecule is O=C1CCCc2c1oc1cc(OCc3ccccc3Cl)cc(OCc3ccccc3Cl)c21. The van der Waals surface area contributed by atoms with Crippen molar-refractivity contribution in [2.24, 2.45) is 0 Å². The highest BCUT2D eigenvalue weighted by Crippen LogP contribution is 2.41. The average molecular weight is 467 g/mol. The van der Waals surface area contributed by atoms with Gasteiger partial charge in [0.25, 0.3) is 0 Å². The molecule has 0 amide bonds. The molecular weight excluding hydrogens is 447 g/mol. The Hall–Kier alpha value is -2.95. The molecule has 4 nitrogen and oxygen atoms in total. The van der Waals surface area contributed by atoms with E-state index in [1.807, 2.05) is 54.6 Å². The fraction of sp³-hybridized carbons (Fsp3) is 0.192. The quantitative estimate of drug-likeness (QED) is 0.296. The van der Waals surface area contributed by atoms with Gasteiger partial charge in [0.1, 0.15) is 30.3 Å². The minimum absolute atomic E-state index is 0.0260. The molecule has 1 aliphatic rings. The Morgan fingerprint density at radius 2 is 1.50 bits per heavy atom. The second-order valence-corrected chi connectivity index (χ2v) is 8.56. The van der Waals surface area contributed by atoms with Crippen LogP contribution in [0, 0.1) is 0 Å². The summed E-state index contributed by atoms with van der Waals surface area (Å²) in [6.07, 6.45) is 2.07. The first-order valence-corrected chi connectivity index (χ1v) is 11.2. The Morgan fingerprint density at radius 3 is 2.19 bits per heavy atom. The molecular formula is C26H20Cl2O4. The molecule has 162 valence electrons. The van der Waals surface area contributed by atoms with E-state index in [1.165, 1.54) is 0 Å². The van der Waals surface area contributed by atoms with Crippen LogP contribution in [0.3, 0.4) is 0 Å². The molecule has 4 aromatic rings. The zero-order valence-electron chi connectivity index (χ0n) is 17.2. The standard InChI is InChI=1S/C26H20Cl2O4/c27-20-9-3-1-6-16(20)14-30-18-12-23(31-15-17-7-2-4-10-21(17)28)25-19-8-5-11-22(29)26(19)32-24(25)13-18/h1-4,6-7,9-10,12-13H,5,8,11,14-15H2. The summed E-state index contributed by atoms with van der Waals surface area (Å²) < 4.78 is 18.2. The lowest BCUT2D eigenvalue weighted by molar-refractivity contribution is 0.0946. The van der Waals surface area contributed by atoms with Crippen molar-refractivity contribution >= 4 is 40.0 Å². The summed E-state index contributed by atoms with van der Waals surface area (Å²) in [6, 6.07) is 18.7. The molecule has 1 aromatic heterocycles. The molecule has 1 heterocycles. The van der Waals surface area contributed by atoms with E-state index in [0.717, 1.165) is 34.9 Å². The lowest BCUT2D eigenvalue weighted by atomic mass is 9.94. The van der Waals surface area contributed by atoms with Crippen molar-refractivity contribution in [3.05, 3.63) is 93.2 Å². The number of aryl methyl sites for hydroxylation is 1. The maximum absolute atomic E-state index is 12.4. The van der Waals surface area contributed by atoms with Gasteiger partial charge in [0, 0.05) is 45.3 Å². The molecule has 3 aromatic carbocycles. The molecule has 0 fully saturated rings. The Bertz CT molecular complexity index is 1310. The monoisotopic (exact) mass is 466 g/mol. The average Bonchev–Trinajstić information content (AvgIpc) is 3.18. The Morgan fingerprint density at radius 1 is 0.844 bits per heavy atom. The smallest absolute Gasteiger partial charge is 0.198 e. The van der Waals surface area contributed by atoms with Gasteiger partial charge < -0.3 is 13.9 Å². The van der Waals surface area contributed by atoms with Gasteiger partial charge in [0.2, 0.25) is 0 Å². The Balaban J connectivity index is 1.52. The number of carbonyl (C=O) groups is 1. The highest BCUT2D eigenvalue weighted by Gasteiger charge is 2.27. The molecule has 0 bridgehead atoms. The van der Waals surface area contributed by atoms with Crippen molar-refractivity contribution in [2.45, 2.75) is 32.5 Å². The topological polar surface area (TPSA) is 48.7 Å². The van der Waals surface area contributed by atoms with E-state index >= 15 is 0 Å². The minimum Gasteiger partial charge on any atom is -0.489 e. The normalized spacial score (nSPS) is 13.2. The number of Topliss-reactive ketones (excluding diaryl/α,β-unsaturated/α-hetero) is 1. The van der Waals surface area contributed by atoms with Crippen LogP contribution < -0.4 is 9.47 Å². The van der Waals surface area contributed by atoms with Crippen molar-refractivity contribution in [1.29, 1.82) is 0 Å². The summed E-state index contributed by atoms with van der Waals surface area (Å²) >= 11 is 12.6. The fourth-order valence-corrected chi connectivity index (χ4v) is 4.36. The van der Waals surface area contributed by atoms with Crippen LogP contribution in [0.1, 0.15) is 40.1 Å². The lowest BCUT2D eigenvalue weighted by Crippen LogP contribution is -2.08. The van der Waals surface area contributed by atoms with Crippen molar-refractivity contribution in [3.8, 4) is 11.5 Å². The van der Waals surface area contributed by atoms with Crippen molar-refractivity contribution in [3.63, 3.8) is 0 Å². The highest BCUT2D eigenvalue weighted by molar-refractivity contribution is 6.31. The maximum atomic E-state index is 12.4. The third-order valence-electron chi connectivity index (χ3n) is 5.60. The van der Waals surface area contributed by atoms with E-state index in [2.05, 4.69) is 0 Å². The summed E-state index contributed by atoms with van der Waals surface area (Å²) in [4.78, 5) is 12.4. The van der Waals surface area contributed by atoms with E-state index < -0.39 is 0 Å². The number of furan rings is 1. The second-order valence-electron chi connectivity index (χ2n) is 7.74. The lowest BCUT2D eigenvalue weighted by Gasteiger charge is -2.14. The van der Waals surface area contributed by atoms with Crippen LogP contribution in [0.4, 0.5) is 0 Å². The Kier molecular flexibility index (Phi) is 5.81. The third-order valence-corrected chi connectivity index (χ3v) is 6.34. The van der Waals surface area contributed by atoms with Gasteiger partial charge in [-0.05, 0) is 25.0 Å². The number of fused-ring (bicyclic) bond motifs is 3. The van der Waals surface area contributed by atoms with Crippen molar-refractivity contribution in [1.82, 2.24) is 0 Å². The Labute approximate surface area is 195 Å². The first-order valence-electron chi connectivity index (χ1n) is 10.4. The van der Waals surface area contributed by atoms with Gasteiger partial charge in [-0.3, -0.25) is 4.79 Å². The largest absolute Gasteiger partial charge is 0.489 e. The van der Waals surface area contributed by atoms with E-state index in [-0.39, 0.29) is 12.4 Å². The molecule has 1 aliphatic carbocycles. The zero-order chi connectivity index (χ0) is 22.1. The first kappa shape index (κ1) is 20.9. The number of hydrogen-bond donors (Lipinski definition) is 0. The molecule has 0 radical (unpaired) electrons. The molecule has 0 saturated heterocycles. The summed E-state index contributed by atoms with van der Waals surface area (Å²) in [5.74, 6) is 1.64. The number of ketones is 1. The summed E-state index contributed by atoms with van der Waals surface area (Å²) in [5, 5.41) is 2.10. The van der Waals surface area contributed by atoms with E-state index in [0.29, 0.717) is 45.9 Å². The van der Waals surface area contributed by atoms with Crippen LogP contribution >= 0.6 is 23.2 Å². The van der Waals surface area contributed by atoms with E-state index in [9.17, 15) is 4.79 Å². The van der Waals surface area contributed by atoms with E-state index in [1.54, 1.807) is 6.07 Å². The highest BCUT2D eigenvalue weighted by atomic mass is 35.5. The molecule has 6 heteroatoms. The van der Waals surface area contributed by atoms with Gasteiger partial charge >= 0.3 is 0 Å². The minimum atomic E-state index is 0.0260. The predicted octanol–water partition coefficient (Wildman–Crippen LogP) is 7.42. The molecule has 0 aliphatic heterocycles. The van der Waals surface area contributed by atoms with Crippen LogP contribution in [0.2, 0.25) is 10.0 Å². The summed E-state index contributed by atoms with van der Waals surface area (Å²) in [5.41, 5.74) is 3.24. The number of benzene rings is 3. The molecule has 5 rings (SSSR count). The van der Waals surface area contributed by atoms with Gasteiger partial charge in [0.05, 0.1) is 5.39 Å². The van der Waals surface area contributed by atoms with Gasteiger partial charge in [-0.2, -0.15) is 0 Å².